The van der Waals surface area contributed by atoms with Crippen molar-refractivity contribution >= 4 is 44.9 Å². The fourth-order valence-electron chi connectivity index (χ4n) is 1.99. The van der Waals surface area contributed by atoms with Crippen LogP contribution >= 0.6 is 39.1 Å². The Morgan fingerprint density at radius 2 is 1.81 bits per heavy atom. The minimum atomic E-state index is 0.0407. The highest BCUT2D eigenvalue weighted by Gasteiger charge is 2.13. The lowest BCUT2D eigenvalue weighted by Gasteiger charge is -2.09. The van der Waals surface area contributed by atoms with E-state index in [4.69, 9.17) is 27.9 Å². The molecule has 2 nitrogen and oxygen atoms in total. The van der Waals surface area contributed by atoms with Crippen LogP contribution in [0.5, 0.6) is 5.75 Å². The van der Waals surface area contributed by atoms with Crippen molar-refractivity contribution in [2.75, 3.05) is 7.11 Å². The first-order valence-electron chi connectivity index (χ1n) is 6.28. The van der Waals surface area contributed by atoms with Crippen LogP contribution in [-0.2, 0) is 17.6 Å². The lowest BCUT2D eigenvalue weighted by molar-refractivity contribution is -0.117. The van der Waals surface area contributed by atoms with Crippen molar-refractivity contribution in [3.8, 4) is 5.75 Å². The third-order valence-corrected chi connectivity index (χ3v) is 4.56. The van der Waals surface area contributed by atoms with Gasteiger partial charge in [0.15, 0.2) is 0 Å². The van der Waals surface area contributed by atoms with E-state index in [9.17, 15) is 4.79 Å². The van der Waals surface area contributed by atoms with Crippen LogP contribution in [0.2, 0.25) is 10.0 Å². The van der Waals surface area contributed by atoms with Crippen molar-refractivity contribution < 1.29 is 9.53 Å². The van der Waals surface area contributed by atoms with Crippen LogP contribution in [0.3, 0.4) is 0 Å². The van der Waals surface area contributed by atoms with Crippen molar-refractivity contribution in [2.24, 2.45) is 0 Å². The van der Waals surface area contributed by atoms with Gasteiger partial charge in [-0.05, 0) is 41.5 Å². The average Bonchev–Trinajstić information content (AvgIpc) is 2.45. The zero-order valence-electron chi connectivity index (χ0n) is 11.3. The first-order chi connectivity index (χ1) is 10.0. The van der Waals surface area contributed by atoms with Crippen LogP contribution in [0.1, 0.15) is 11.1 Å². The van der Waals surface area contributed by atoms with Crippen molar-refractivity contribution in [3.63, 3.8) is 0 Å². The summed E-state index contributed by atoms with van der Waals surface area (Å²) in [4.78, 5) is 12.3. The van der Waals surface area contributed by atoms with E-state index < -0.39 is 0 Å². The highest BCUT2D eigenvalue weighted by Crippen LogP contribution is 2.27. The summed E-state index contributed by atoms with van der Waals surface area (Å²) in [7, 11) is 1.60. The number of benzene rings is 2. The summed E-state index contributed by atoms with van der Waals surface area (Å²) in [6.07, 6.45) is 0.501. The molecule has 0 bridgehead atoms. The Kier molecular flexibility index (Phi) is 5.68. The third kappa shape index (κ3) is 4.22. The van der Waals surface area contributed by atoms with Crippen molar-refractivity contribution in [3.05, 3.63) is 62.0 Å². The molecule has 21 heavy (non-hydrogen) atoms. The minimum Gasteiger partial charge on any atom is -0.497 e. The molecule has 5 heteroatoms. The van der Waals surface area contributed by atoms with E-state index in [1.54, 1.807) is 25.3 Å². The molecule has 0 aliphatic heterocycles. The maximum absolute atomic E-state index is 12.3. The van der Waals surface area contributed by atoms with E-state index in [-0.39, 0.29) is 12.2 Å². The minimum absolute atomic E-state index is 0.0407. The number of carbonyl (C=O) groups is 1. The van der Waals surface area contributed by atoms with E-state index in [2.05, 4.69) is 15.9 Å². The number of carbonyl (C=O) groups excluding carboxylic acids is 1. The van der Waals surface area contributed by atoms with Crippen molar-refractivity contribution in [1.29, 1.82) is 0 Å². The number of Topliss-reactive ketones (excluding diaryl/α,β-unsaturated/α-hetero) is 1. The SMILES string of the molecule is COc1ccc(Br)c(CC(=O)Cc2c(Cl)cccc2Cl)c1. The molecule has 0 heterocycles. The van der Waals surface area contributed by atoms with Gasteiger partial charge in [-0.15, -0.1) is 0 Å². The molecule has 2 aromatic carbocycles. The maximum Gasteiger partial charge on any atom is 0.141 e. The summed E-state index contributed by atoms with van der Waals surface area (Å²) in [5, 5.41) is 1.03. The first kappa shape index (κ1) is 16.3. The predicted molar refractivity (Wildman–Crippen MR) is 89.6 cm³/mol. The van der Waals surface area contributed by atoms with Crippen LogP contribution in [-0.4, -0.2) is 12.9 Å². The Morgan fingerprint density at radius 1 is 1.14 bits per heavy atom. The monoisotopic (exact) mass is 386 g/mol. The average molecular weight is 388 g/mol. The normalized spacial score (nSPS) is 10.5. The van der Waals surface area contributed by atoms with Gasteiger partial charge in [0.05, 0.1) is 7.11 Å². The molecule has 110 valence electrons. The molecule has 0 atom stereocenters. The van der Waals surface area contributed by atoms with Crippen LogP contribution in [0.15, 0.2) is 40.9 Å². The number of ether oxygens (including phenoxy) is 1. The molecule has 0 radical (unpaired) electrons. The van der Waals surface area contributed by atoms with E-state index >= 15 is 0 Å². The van der Waals surface area contributed by atoms with Crippen LogP contribution < -0.4 is 4.74 Å². The molecular formula is C16H13BrCl2O2. The number of rotatable bonds is 5. The molecule has 0 saturated carbocycles. The molecule has 0 N–H and O–H groups in total. The first-order valence-corrected chi connectivity index (χ1v) is 7.83. The van der Waals surface area contributed by atoms with Gasteiger partial charge in [0.2, 0.25) is 0 Å². The molecular weight excluding hydrogens is 375 g/mol. The smallest absolute Gasteiger partial charge is 0.141 e. The van der Waals surface area contributed by atoms with Crippen LogP contribution in [0.4, 0.5) is 0 Å². The van der Waals surface area contributed by atoms with Crippen LogP contribution in [0, 0.1) is 0 Å². The fourth-order valence-corrected chi connectivity index (χ4v) is 2.90. The summed E-state index contributed by atoms with van der Waals surface area (Å²) in [5.74, 6) is 0.760. The van der Waals surface area contributed by atoms with E-state index in [1.165, 1.54) is 0 Å². The largest absolute Gasteiger partial charge is 0.497 e. The van der Waals surface area contributed by atoms with Gasteiger partial charge in [-0.1, -0.05) is 45.2 Å². The number of hydrogen-bond acceptors (Lipinski definition) is 2. The number of halogens is 3. The Hall–Kier alpha value is -1.03. The zero-order valence-corrected chi connectivity index (χ0v) is 14.4. The highest BCUT2D eigenvalue weighted by atomic mass is 79.9. The summed E-state index contributed by atoms with van der Waals surface area (Å²) < 4.78 is 6.05. The van der Waals surface area contributed by atoms with Gasteiger partial charge >= 0.3 is 0 Å². The van der Waals surface area contributed by atoms with E-state index in [0.717, 1.165) is 15.8 Å². The van der Waals surface area contributed by atoms with E-state index in [1.807, 2.05) is 18.2 Å². The molecule has 0 amide bonds. The van der Waals surface area contributed by atoms with Gasteiger partial charge < -0.3 is 4.74 Å². The van der Waals surface area contributed by atoms with Gasteiger partial charge in [0.25, 0.3) is 0 Å². The number of methoxy groups -OCH3 is 1. The zero-order chi connectivity index (χ0) is 15.4. The van der Waals surface area contributed by atoms with Crippen LogP contribution in [0.25, 0.3) is 0 Å². The van der Waals surface area contributed by atoms with Gasteiger partial charge in [0.1, 0.15) is 11.5 Å². The number of ketones is 1. The molecule has 2 rings (SSSR count). The molecule has 0 fully saturated rings. The summed E-state index contributed by atoms with van der Waals surface area (Å²) in [5.41, 5.74) is 1.55. The lowest BCUT2D eigenvalue weighted by atomic mass is 10.0. The maximum atomic E-state index is 12.3. The Labute approximate surface area is 142 Å². The Bertz CT molecular complexity index is 651. The van der Waals surface area contributed by atoms with Gasteiger partial charge in [-0.2, -0.15) is 0 Å². The Morgan fingerprint density at radius 3 is 2.43 bits per heavy atom. The van der Waals surface area contributed by atoms with Crippen molar-refractivity contribution in [2.45, 2.75) is 12.8 Å². The second-order valence-electron chi connectivity index (χ2n) is 4.55. The van der Waals surface area contributed by atoms with E-state index in [0.29, 0.717) is 22.0 Å². The summed E-state index contributed by atoms with van der Waals surface area (Å²) in [6.45, 7) is 0. The molecule has 0 aliphatic carbocycles. The molecule has 2 aromatic rings. The second-order valence-corrected chi connectivity index (χ2v) is 6.22. The van der Waals surface area contributed by atoms with Gasteiger partial charge in [-0.25, -0.2) is 0 Å². The third-order valence-electron chi connectivity index (χ3n) is 3.08. The predicted octanol–water partition coefficient (Wildman–Crippen LogP) is 5.12. The lowest BCUT2D eigenvalue weighted by Crippen LogP contribution is -2.08. The fraction of sp³-hybridized carbons (Fsp3) is 0.188. The molecule has 0 aromatic heterocycles. The Balaban J connectivity index is 2.15. The molecule has 0 saturated heterocycles. The summed E-state index contributed by atoms with van der Waals surface area (Å²) >= 11 is 15.6. The summed E-state index contributed by atoms with van der Waals surface area (Å²) in [6, 6.07) is 10.8. The van der Waals surface area contributed by atoms with Gasteiger partial charge in [-0.3, -0.25) is 4.79 Å². The quantitative estimate of drug-likeness (QED) is 0.711. The molecule has 0 unspecified atom stereocenters. The highest BCUT2D eigenvalue weighted by molar-refractivity contribution is 9.10. The number of hydrogen-bond donors (Lipinski definition) is 0. The molecule has 0 aliphatic rings. The van der Waals surface area contributed by atoms with Gasteiger partial charge in [0, 0.05) is 27.4 Å². The molecule has 0 spiro atoms. The second kappa shape index (κ2) is 7.30. The topological polar surface area (TPSA) is 26.3 Å². The standard InChI is InChI=1S/C16H13BrCl2O2/c1-21-12-5-6-14(17)10(8-12)7-11(20)9-13-15(18)3-2-4-16(13)19/h2-6,8H,7,9H2,1H3. The van der Waals surface area contributed by atoms with Crippen molar-refractivity contribution in [1.82, 2.24) is 0 Å².